The Morgan fingerprint density at radius 3 is 2.46 bits per heavy atom. The number of rotatable bonds is 10. The number of hydrogen-bond donors (Lipinski definition) is 2. The van der Waals surface area contributed by atoms with Crippen molar-refractivity contribution in [1.29, 1.82) is 0 Å². The highest BCUT2D eigenvalue weighted by Crippen LogP contribution is 2.34. The van der Waals surface area contributed by atoms with Gasteiger partial charge in [-0.3, -0.25) is 14.2 Å². The number of amides is 1. The van der Waals surface area contributed by atoms with Crippen molar-refractivity contribution in [2.45, 2.75) is 77.8 Å². The lowest BCUT2D eigenvalue weighted by molar-refractivity contribution is -0.129. The lowest BCUT2D eigenvalue weighted by Gasteiger charge is -2.30. The molecule has 3 aromatic rings. The van der Waals surface area contributed by atoms with Crippen LogP contribution in [0, 0.1) is 6.92 Å². The van der Waals surface area contributed by atoms with Gasteiger partial charge in [-0.05, 0) is 59.1 Å². The third-order valence-corrected chi connectivity index (χ3v) is 8.60. The number of carbonyl (C=O) groups excluding carboxylic acids is 1. The van der Waals surface area contributed by atoms with Crippen LogP contribution in [0.15, 0.2) is 33.9 Å². The van der Waals surface area contributed by atoms with E-state index in [4.69, 9.17) is 14.2 Å². The first-order valence-corrected chi connectivity index (χ1v) is 14.4. The molecule has 1 atom stereocenters. The molecule has 1 fully saturated rings. The molecule has 0 radical (unpaired) electrons. The van der Waals surface area contributed by atoms with Crippen LogP contribution in [0.3, 0.4) is 0 Å². The molecule has 41 heavy (non-hydrogen) atoms. The van der Waals surface area contributed by atoms with Gasteiger partial charge in [0.25, 0.3) is 5.56 Å². The Morgan fingerprint density at radius 1 is 1.20 bits per heavy atom. The van der Waals surface area contributed by atoms with Gasteiger partial charge >= 0.3 is 11.7 Å². The summed E-state index contributed by atoms with van der Waals surface area (Å²) in [6.45, 7) is 9.15. The van der Waals surface area contributed by atoms with Crippen molar-refractivity contribution in [3.63, 3.8) is 0 Å². The molecule has 4 rings (SSSR count). The summed E-state index contributed by atoms with van der Waals surface area (Å²) in [6, 6.07) is 7.09. The Kier molecular flexibility index (Phi) is 9.05. The van der Waals surface area contributed by atoms with Crippen LogP contribution < -0.4 is 21.3 Å². The summed E-state index contributed by atoms with van der Waals surface area (Å²) < 4.78 is 20.0. The number of nitrogens with one attached hydrogen (secondary N) is 1. The van der Waals surface area contributed by atoms with E-state index in [0.29, 0.717) is 37.4 Å². The number of thiophene rings is 1. The second kappa shape index (κ2) is 12.2. The summed E-state index contributed by atoms with van der Waals surface area (Å²) in [4.78, 5) is 53.6. The van der Waals surface area contributed by atoms with Crippen LogP contribution >= 0.6 is 11.3 Å². The molecular weight excluding hydrogens is 550 g/mol. The van der Waals surface area contributed by atoms with E-state index in [1.54, 1.807) is 33.9 Å². The monoisotopic (exact) mass is 587 g/mol. The van der Waals surface area contributed by atoms with Crippen LogP contribution in [0.5, 0.6) is 5.75 Å². The number of carboxylic acid groups (broad SMARTS) is 1. The zero-order chi connectivity index (χ0) is 30.1. The maximum atomic E-state index is 14.2. The fourth-order valence-corrected chi connectivity index (χ4v) is 6.24. The van der Waals surface area contributed by atoms with Crippen molar-refractivity contribution >= 4 is 33.4 Å². The van der Waals surface area contributed by atoms with E-state index in [0.717, 1.165) is 15.9 Å². The summed E-state index contributed by atoms with van der Waals surface area (Å²) in [5, 5.41) is 12.7. The molecule has 1 unspecified atom stereocenters. The number of nitrogens with zero attached hydrogens (tertiary/aromatic N) is 2. The largest absolute Gasteiger partial charge is 0.496 e. The average molecular weight is 588 g/mol. The molecule has 2 aromatic heterocycles. The first-order valence-electron chi connectivity index (χ1n) is 13.6. The van der Waals surface area contributed by atoms with E-state index in [-0.39, 0.29) is 39.3 Å². The third-order valence-electron chi connectivity index (χ3n) is 7.30. The number of methoxy groups -OCH3 is 1. The number of ether oxygens (including phenoxy) is 3. The van der Waals surface area contributed by atoms with Gasteiger partial charge in [-0.1, -0.05) is 18.2 Å². The molecule has 1 aliphatic heterocycles. The molecule has 0 aliphatic carbocycles. The standard InChI is InChI=1S/C29H37N3O8S/c1-16(2)30-27(36)29(4,5)32-24(33)22-17(3)23(26(34)35)41-25(22)31(28(32)37)15-21(40-18-11-13-39-14-12-18)19-9-7-8-10-20(19)38-6/h7-10,16,18,21H,11-15H2,1-6H3,(H,30,36)(H,34,35). The van der Waals surface area contributed by atoms with Crippen molar-refractivity contribution in [2.24, 2.45) is 0 Å². The summed E-state index contributed by atoms with van der Waals surface area (Å²) >= 11 is 0.861. The Morgan fingerprint density at radius 2 is 1.85 bits per heavy atom. The third kappa shape index (κ3) is 5.95. The SMILES string of the molecule is COc1ccccc1C(Cn1c(=O)n(C(C)(C)C(=O)NC(C)C)c(=O)c2c(C)c(C(=O)O)sc21)OC1CCOCC1. The van der Waals surface area contributed by atoms with Gasteiger partial charge in [0.2, 0.25) is 5.91 Å². The van der Waals surface area contributed by atoms with Gasteiger partial charge in [0.05, 0.1) is 25.1 Å². The van der Waals surface area contributed by atoms with Crippen molar-refractivity contribution in [1.82, 2.24) is 14.5 Å². The van der Waals surface area contributed by atoms with Crippen LogP contribution in [0.4, 0.5) is 0 Å². The highest BCUT2D eigenvalue weighted by Gasteiger charge is 2.37. The minimum atomic E-state index is -1.58. The number of carbonyl (C=O) groups is 2. The van der Waals surface area contributed by atoms with E-state index in [2.05, 4.69) is 5.32 Å². The smallest absolute Gasteiger partial charge is 0.346 e. The number of benzene rings is 1. The molecule has 1 saturated heterocycles. The lowest BCUT2D eigenvalue weighted by Crippen LogP contribution is -2.56. The first-order chi connectivity index (χ1) is 19.4. The summed E-state index contributed by atoms with van der Waals surface area (Å²) in [5.74, 6) is -1.15. The minimum absolute atomic E-state index is 0.0474. The zero-order valence-electron chi connectivity index (χ0n) is 24.2. The highest BCUT2D eigenvalue weighted by atomic mass is 32.1. The maximum absolute atomic E-state index is 14.2. The number of fused-ring (bicyclic) bond motifs is 1. The Hall–Kier alpha value is -3.48. The van der Waals surface area contributed by atoms with Crippen LogP contribution in [0.2, 0.25) is 0 Å². The van der Waals surface area contributed by atoms with E-state index in [9.17, 15) is 24.3 Å². The quantitative estimate of drug-likeness (QED) is 0.368. The Bertz CT molecular complexity index is 1560. The molecule has 3 heterocycles. The van der Waals surface area contributed by atoms with Crippen LogP contribution in [-0.4, -0.2) is 58.6 Å². The van der Waals surface area contributed by atoms with E-state index in [1.165, 1.54) is 18.4 Å². The fourth-order valence-electron chi connectivity index (χ4n) is 5.10. The predicted molar refractivity (Wildman–Crippen MR) is 155 cm³/mol. The summed E-state index contributed by atoms with van der Waals surface area (Å²) in [6.07, 6.45) is 0.492. The molecular formula is C29H37N3O8S. The Labute approximate surface area is 241 Å². The molecule has 1 aromatic carbocycles. The van der Waals surface area contributed by atoms with Crippen LogP contribution in [0.1, 0.15) is 67.4 Å². The average Bonchev–Trinajstić information content (AvgIpc) is 3.28. The Balaban J connectivity index is 1.98. The number of para-hydroxylation sites is 1. The van der Waals surface area contributed by atoms with E-state index < -0.39 is 34.8 Å². The van der Waals surface area contributed by atoms with Gasteiger partial charge in [-0.25, -0.2) is 14.2 Å². The molecule has 1 aliphatic rings. The van der Waals surface area contributed by atoms with Crippen LogP contribution in [-0.2, 0) is 26.4 Å². The summed E-state index contributed by atoms with van der Waals surface area (Å²) in [5.41, 5.74) is -2.09. The molecule has 1 amide bonds. The number of carboxylic acids is 1. The molecule has 0 spiro atoms. The van der Waals surface area contributed by atoms with Gasteiger partial charge in [-0.15, -0.1) is 11.3 Å². The number of aromatic carboxylic acids is 1. The lowest BCUT2D eigenvalue weighted by atomic mass is 10.0. The molecule has 12 heteroatoms. The highest BCUT2D eigenvalue weighted by molar-refractivity contribution is 7.20. The maximum Gasteiger partial charge on any atom is 0.346 e. The fraction of sp³-hybridized carbons (Fsp3) is 0.517. The summed E-state index contributed by atoms with van der Waals surface area (Å²) in [7, 11) is 1.55. The van der Waals surface area contributed by atoms with Gasteiger partial charge in [0, 0.05) is 24.8 Å². The molecule has 0 bridgehead atoms. The first kappa shape index (κ1) is 30.5. The van der Waals surface area contributed by atoms with E-state index in [1.807, 2.05) is 18.2 Å². The molecule has 2 N–H and O–H groups in total. The topological polar surface area (TPSA) is 138 Å². The van der Waals surface area contributed by atoms with Gasteiger partial charge < -0.3 is 24.6 Å². The van der Waals surface area contributed by atoms with Crippen molar-refractivity contribution in [3.8, 4) is 5.75 Å². The molecule has 222 valence electrons. The van der Waals surface area contributed by atoms with Crippen molar-refractivity contribution in [2.75, 3.05) is 20.3 Å². The molecule has 11 nitrogen and oxygen atoms in total. The van der Waals surface area contributed by atoms with Gasteiger partial charge in [0.1, 0.15) is 27.1 Å². The van der Waals surface area contributed by atoms with Gasteiger partial charge in [0.15, 0.2) is 0 Å². The van der Waals surface area contributed by atoms with Crippen LogP contribution in [0.25, 0.3) is 10.2 Å². The second-order valence-electron chi connectivity index (χ2n) is 10.9. The molecule has 0 saturated carbocycles. The number of hydrogen-bond acceptors (Lipinski definition) is 8. The number of aromatic nitrogens is 2. The second-order valence-corrected chi connectivity index (χ2v) is 11.9. The van der Waals surface area contributed by atoms with Gasteiger partial charge in [-0.2, -0.15) is 0 Å². The normalized spacial score (nSPS) is 15.3. The van der Waals surface area contributed by atoms with E-state index >= 15 is 0 Å². The van der Waals surface area contributed by atoms with Crippen molar-refractivity contribution < 1.29 is 28.9 Å². The zero-order valence-corrected chi connectivity index (χ0v) is 25.0. The minimum Gasteiger partial charge on any atom is -0.496 e. The number of aryl methyl sites for hydroxylation is 1. The predicted octanol–water partition coefficient (Wildman–Crippen LogP) is 3.44. The van der Waals surface area contributed by atoms with Crippen molar-refractivity contribution in [3.05, 3.63) is 61.1 Å².